The molecule has 1 aliphatic rings. The molecule has 0 atom stereocenters. The van der Waals surface area contributed by atoms with E-state index < -0.39 is 0 Å². The second kappa shape index (κ2) is 8.77. The number of rotatable bonds is 7. The molecule has 9 nitrogen and oxygen atoms in total. The van der Waals surface area contributed by atoms with Crippen LogP contribution in [0, 0.1) is 10.1 Å². The van der Waals surface area contributed by atoms with Crippen LogP contribution in [-0.4, -0.2) is 63.3 Å². The monoisotopic (exact) mass is 376 g/mol. The van der Waals surface area contributed by atoms with E-state index in [0.717, 1.165) is 44.9 Å². The summed E-state index contributed by atoms with van der Waals surface area (Å²) in [4.78, 5) is 37.0. The standard InChI is InChI=1S/C16H20N6O3S/c23-15-3-5-18-16(19-15)26-11-1-6-20-7-9-21(10-8-20)13-2-4-17-12-14(13)22(24)25/h2-5,12H,1,6-11H2,(H,18,19,23). The Kier molecular flexibility index (Phi) is 6.18. The van der Waals surface area contributed by atoms with E-state index in [-0.39, 0.29) is 16.2 Å². The molecule has 2 aromatic heterocycles. The average Bonchev–Trinajstić information content (AvgIpc) is 2.66. The van der Waals surface area contributed by atoms with E-state index in [9.17, 15) is 14.9 Å². The molecule has 26 heavy (non-hydrogen) atoms. The van der Waals surface area contributed by atoms with Crippen LogP contribution in [0.15, 0.2) is 40.7 Å². The summed E-state index contributed by atoms with van der Waals surface area (Å²) in [7, 11) is 0. The summed E-state index contributed by atoms with van der Waals surface area (Å²) in [5.41, 5.74) is 0.560. The third-order valence-corrected chi connectivity index (χ3v) is 5.17. The summed E-state index contributed by atoms with van der Waals surface area (Å²) in [6, 6.07) is 3.11. The molecular weight excluding hydrogens is 356 g/mol. The van der Waals surface area contributed by atoms with E-state index in [1.54, 1.807) is 24.0 Å². The van der Waals surface area contributed by atoms with Crippen molar-refractivity contribution in [1.82, 2.24) is 19.9 Å². The van der Waals surface area contributed by atoms with Crippen molar-refractivity contribution in [3.63, 3.8) is 0 Å². The van der Waals surface area contributed by atoms with Crippen molar-refractivity contribution in [2.24, 2.45) is 0 Å². The lowest BCUT2D eigenvalue weighted by Gasteiger charge is -2.35. The molecule has 1 aliphatic heterocycles. The Morgan fingerprint density at radius 1 is 1.23 bits per heavy atom. The van der Waals surface area contributed by atoms with E-state index in [0.29, 0.717) is 10.8 Å². The Balaban J connectivity index is 1.43. The fourth-order valence-corrected chi connectivity index (χ4v) is 3.66. The van der Waals surface area contributed by atoms with Crippen molar-refractivity contribution >= 4 is 23.1 Å². The number of aromatic nitrogens is 3. The number of nitro groups is 1. The first-order chi connectivity index (χ1) is 12.6. The number of nitrogens with one attached hydrogen (secondary N) is 1. The van der Waals surface area contributed by atoms with Crippen LogP contribution in [0.2, 0.25) is 0 Å². The van der Waals surface area contributed by atoms with Gasteiger partial charge in [0, 0.05) is 50.4 Å². The van der Waals surface area contributed by atoms with Crippen LogP contribution in [0.4, 0.5) is 11.4 Å². The first-order valence-electron chi connectivity index (χ1n) is 8.37. The number of thioether (sulfide) groups is 1. The van der Waals surface area contributed by atoms with Crippen molar-refractivity contribution < 1.29 is 4.92 Å². The van der Waals surface area contributed by atoms with Gasteiger partial charge in [-0.05, 0) is 19.0 Å². The molecule has 0 amide bonds. The molecule has 3 rings (SSSR count). The SMILES string of the molecule is O=c1ccnc(SCCCN2CCN(c3ccncc3[N+](=O)[O-])CC2)[nH]1. The van der Waals surface area contributed by atoms with Gasteiger partial charge in [-0.15, -0.1) is 0 Å². The highest BCUT2D eigenvalue weighted by Gasteiger charge is 2.23. The first kappa shape index (κ1) is 18.3. The molecule has 0 aromatic carbocycles. The number of hydrogen-bond acceptors (Lipinski definition) is 8. The summed E-state index contributed by atoms with van der Waals surface area (Å²) in [6.07, 6.45) is 5.39. The number of hydrogen-bond donors (Lipinski definition) is 1. The van der Waals surface area contributed by atoms with Crippen LogP contribution in [0.25, 0.3) is 0 Å². The Hall–Kier alpha value is -2.46. The third-order valence-electron chi connectivity index (χ3n) is 4.19. The molecule has 0 aliphatic carbocycles. The Bertz CT molecular complexity index is 806. The second-order valence-electron chi connectivity index (χ2n) is 5.89. The van der Waals surface area contributed by atoms with Gasteiger partial charge in [-0.3, -0.25) is 24.8 Å². The minimum Gasteiger partial charge on any atom is -0.363 e. The lowest BCUT2D eigenvalue weighted by Crippen LogP contribution is -2.46. The normalized spacial score (nSPS) is 15.2. The lowest BCUT2D eigenvalue weighted by atomic mass is 10.2. The van der Waals surface area contributed by atoms with Crippen molar-refractivity contribution in [3.05, 3.63) is 51.2 Å². The molecule has 1 fully saturated rings. The van der Waals surface area contributed by atoms with Crippen molar-refractivity contribution in [1.29, 1.82) is 0 Å². The number of H-pyrrole nitrogens is 1. The molecule has 0 spiro atoms. The highest BCUT2D eigenvalue weighted by molar-refractivity contribution is 7.99. The van der Waals surface area contributed by atoms with Gasteiger partial charge in [-0.1, -0.05) is 11.8 Å². The van der Waals surface area contributed by atoms with Gasteiger partial charge in [0.2, 0.25) is 0 Å². The van der Waals surface area contributed by atoms with Crippen LogP contribution in [0.3, 0.4) is 0 Å². The van der Waals surface area contributed by atoms with E-state index in [1.807, 2.05) is 4.90 Å². The largest absolute Gasteiger partial charge is 0.363 e. The molecule has 0 bridgehead atoms. The number of anilines is 1. The van der Waals surface area contributed by atoms with Gasteiger partial charge in [0.05, 0.1) is 4.92 Å². The zero-order valence-electron chi connectivity index (χ0n) is 14.2. The Morgan fingerprint density at radius 2 is 2.04 bits per heavy atom. The van der Waals surface area contributed by atoms with Crippen LogP contribution < -0.4 is 10.5 Å². The molecule has 0 radical (unpaired) electrons. The second-order valence-corrected chi connectivity index (χ2v) is 6.98. The van der Waals surface area contributed by atoms with Crippen LogP contribution in [0.5, 0.6) is 0 Å². The summed E-state index contributed by atoms with van der Waals surface area (Å²) in [5.74, 6) is 0.878. The number of piperazine rings is 1. The van der Waals surface area contributed by atoms with Crippen LogP contribution in [0.1, 0.15) is 6.42 Å². The van der Waals surface area contributed by atoms with Gasteiger partial charge in [-0.2, -0.15) is 0 Å². The van der Waals surface area contributed by atoms with Gasteiger partial charge >= 0.3 is 5.69 Å². The van der Waals surface area contributed by atoms with Crippen molar-refractivity contribution in [2.75, 3.05) is 43.4 Å². The van der Waals surface area contributed by atoms with E-state index in [1.165, 1.54) is 18.5 Å². The van der Waals surface area contributed by atoms with Crippen molar-refractivity contribution in [3.8, 4) is 0 Å². The van der Waals surface area contributed by atoms with E-state index in [2.05, 4.69) is 19.9 Å². The van der Waals surface area contributed by atoms with Gasteiger partial charge in [-0.25, -0.2) is 4.98 Å². The van der Waals surface area contributed by atoms with Crippen LogP contribution in [-0.2, 0) is 0 Å². The minimum atomic E-state index is -0.381. The van der Waals surface area contributed by atoms with Gasteiger partial charge in [0.1, 0.15) is 11.9 Å². The summed E-state index contributed by atoms with van der Waals surface area (Å²) in [6.45, 7) is 4.20. The maximum Gasteiger partial charge on any atom is 0.310 e. The zero-order valence-corrected chi connectivity index (χ0v) is 15.0. The molecular formula is C16H20N6O3S. The molecule has 3 heterocycles. The summed E-state index contributed by atoms with van der Waals surface area (Å²) < 4.78 is 0. The maximum absolute atomic E-state index is 11.2. The molecule has 1 N–H and O–H groups in total. The summed E-state index contributed by atoms with van der Waals surface area (Å²) >= 11 is 1.54. The molecule has 138 valence electrons. The van der Waals surface area contributed by atoms with Crippen LogP contribution >= 0.6 is 11.8 Å². The fourth-order valence-electron chi connectivity index (χ4n) is 2.88. The van der Waals surface area contributed by atoms with Gasteiger partial charge in [0.25, 0.3) is 5.56 Å². The third kappa shape index (κ3) is 4.79. The predicted octanol–water partition coefficient (Wildman–Crippen LogP) is 1.38. The lowest BCUT2D eigenvalue weighted by molar-refractivity contribution is -0.384. The quantitative estimate of drug-likeness (QED) is 0.254. The minimum absolute atomic E-state index is 0.0571. The van der Waals surface area contributed by atoms with Crippen molar-refractivity contribution in [2.45, 2.75) is 11.6 Å². The molecule has 2 aromatic rings. The Labute approximate surface area is 154 Å². The van der Waals surface area contributed by atoms with Gasteiger partial charge in [0.15, 0.2) is 5.16 Å². The molecule has 1 saturated heterocycles. The Morgan fingerprint density at radius 3 is 2.77 bits per heavy atom. The molecule has 0 saturated carbocycles. The topological polar surface area (TPSA) is 108 Å². The number of aromatic amines is 1. The maximum atomic E-state index is 11.2. The number of pyridine rings is 1. The predicted molar refractivity (Wildman–Crippen MR) is 99.7 cm³/mol. The molecule has 10 heteroatoms. The summed E-state index contributed by atoms with van der Waals surface area (Å²) in [5, 5.41) is 11.8. The average molecular weight is 376 g/mol. The first-order valence-corrected chi connectivity index (χ1v) is 9.36. The highest BCUT2D eigenvalue weighted by atomic mass is 32.2. The molecule has 0 unspecified atom stereocenters. The van der Waals surface area contributed by atoms with E-state index in [4.69, 9.17) is 0 Å². The van der Waals surface area contributed by atoms with E-state index >= 15 is 0 Å². The number of nitrogens with zero attached hydrogens (tertiary/aromatic N) is 5. The zero-order chi connectivity index (χ0) is 18.4. The van der Waals surface area contributed by atoms with Gasteiger partial charge < -0.3 is 9.88 Å². The smallest absolute Gasteiger partial charge is 0.310 e. The highest BCUT2D eigenvalue weighted by Crippen LogP contribution is 2.27. The fraction of sp³-hybridized carbons (Fsp3) is 0.438.